The van der Waals surface area contributed by atoms with Crippen LogP contribution in [0.4, 0.5) is 0 Å². The fraction of sp³-hybridized carbons (Fsp3) is 0.447. The van der Waals surface area contributed by atoms with E-state index >= 15 is 0 Å². The van der Waals surface area contributed by atoms with Gasteiger partial charge in [-0.05, 0) is 127 Å². The number of halogens is 3. The fourth-order valence-electron chi connectivity index (χ4n) is 7.65. The highest BCUT2D eigenvalue weighted by atomic mass is 35.5. The smallest absolute Gasteiger partial charge is 0.252 e. The van der Waals surface area contributed by atoms with Crippen LogP contribution in [-0.2, 0) is 61.4 Å². The molecule has 0 spiro atoms. The number of aliphatic hydroxyl groups excluding tert-OH is 2. The molecule has 2 aliphatic carbocycles. The van der Waals surface area contributed by atoms with E-state index in [0.717, 1.165) is 58.5 Å². The van der Waals surface area contributed by atoms with Crippen LogP contribution in [-0.4, -0.2) is 130 Å². The molecular weight excluding hydrogens is 1020 g/mol. The van der Waals surface area contributed by atoms with Crippen LogP contribution in [0.25, 0.3) is 0 Å². The Morgan fingerprint density at radius 3 is 1.39 bits per heavy atom. The lowest BCUT2D eigenvalue weighted by Crippen LogP contribution is -2.50. The highest BCUT2D eigenvalue weighted by molar-refractivity contribution is 7.89. The second-order valence-electron chi connectivity index (χ2n) is 16.2. The third-order valence-electron chi connectivity index (χ3n) is 11.1. The van der Waals surface area contributed by atoms with Crippen LogP contribution in [0.2, 0.25) is 15.1 Å². The SMILES string of the molecule is Cc1cc(Cl)c2c(c1)[C@H](Oc1ccc(S(=O)(=O)NCCOCCOCCNC(=O)[C@H](O)[C@@H](O)C(=O)NCCOCCOCCNS(=O)(=O)c3ccc(O[C@@H]4CCc5c(Cl)cc(Cl)cc54)cc3)cc1)CC2. The lowest BCUT2D eigenvalue weighted by atomic mass is 10.1. The number of hydrogen-bond donors (Lipinski definition) is 6. The minimum Gasteiger partial charge on any atom is -0.486 e. The Bertz CT molecular complexity index is 2430. The van der Waals surface area contributed by atoms with Gasteiger partial charge in [-0.25, -0.2) is 26.3 Å². The van der Waals surface area contributed by atoms with Crippen LogP contribution in [0.15, 0.2) is 82.6 Å². The van der Waals surface area contributed by atoms with Gasteiger partial charge in [0.25, 0.3) is 11.8 Å². The zero-order chi connectivity index (χ0) is 50.3. The minimum atomic E-state index is -3.81. The van der Waals surface area contributed by atoms with Crippen molar-refractivity contribution in [3.05, 3.63) is 116 Å². The summed E-state index contributed by atoms with van der Waals surface area (Å²) in [7, 11) is -7.60. The van der Waals surface area contributed by atoms with Crippen molar-refractivity contribution in [1.82, 2.24) is 20.1 Å². The molecule has 2 amide bonds. The molecule has 0 saturated heterocycles. The second kappa shape index (κ2) is 26.5. The van der Waals surface area contributed by atoms with E-state index in [1.54, 1.807) is 30.3 Å². The standard InChI is InChI=1S/C47H57Cl3N4O14S2/c1-30-26-38-36(40(49)27-30)10-12-42(38)67-32-2-6-34(7-3-32)69(59,60)53-16-20-65-24-22-63-18-14-51-46(57)44(55)45(56)47(58)52-15-19-64-23-25-66-21-17-54-70(61,62)35-8-4-33(5-9-35)68-43-13-11-37-39(43)28-31(48)29-41(37)50/h2-9,26-29,42-45,53-56H,10-25H2,1H3,(H,51,57)(H,52,58)/t42-,43-,44-,45-/m1/s1. The third kappa shape index (κ3) is 15.9. The monoisotopic (exact) mass is 1070 g/mol. The molecule has 70 heavy (non-hydrogen) atoms. The Kier molecular flexibility index (Phi) is 20.9. The molecule has 23 heteroatoms. The number of benzene rings is 4. The Labute approximate surface area is 422 Å². The van der Waals surface area contributed by atoms with Gasteiger partial charge < -0.3 is 49.3 Å². The van der Waals surface area contributed by atoms with Crippen LogP contribution in [0.5, 0.6) is 11.5 Å². The Balaban J connectivity index is 0.729. The number of ether oxygens (including phenoxy) is 6. The van der Waals surface area contributed by atoms with Gasteiger partial charge in [-0.1, -0.05) is 40.9 Å². The van der Waals surface area contributed by atoms with Crippen molar-refractivity contribution in [2.75, 3.05) is 79.0 Å². The summed E-state index contributed by atoms with van der Waals surface area (Å²) in [6.07, 6.45) is -1.42. The second-order valence-corrected chi connectivity index (χ2v) is 21.0. The molecule has 0 fully saturated rings. The number of aliphatic hydroxyl groups is 2. The van der Waals surface area contributed by atoms with Crippen LogP contribution in [0, 0.1) is 6.92 Å². The first-order valence-electron chi connectivity index (χ1n) is 22.5. The number of carbonyl (C=O) groups is 2. The normalized spacial score (nSPS) is 16.3. The number of rotatable bonds is 29. The molecule has 4 aromatic rings. The van der Waals surface area contributed by atoms with Crippen molar-refractivity contribution >= 4 is 66.7 Å². The highest BCUT2D eigenvalue weighted by Gasteiger charge is 2.31. The van der Waals surface area contributed by atoms with Gasteiger partial charge in [0, 0.05) is 41.2 Å². The number of carbonyl (C=O) groups excluding carboxylic acids is 2. The summed E-state index contributed by atoms with van der Waals surface area (Å²) >= 11 is 18.9. The van der Waals surface area contributed by atoms with Gasteiger partial charge in [0.2, 0.25) is 20.0 Å². The predicted octanol–water partition coefficient (Wildman–Crippen LogP) is 4.37. The van der Waals surface area contributed by atoms with Gasteiger partial charge in [-0.2, -0.15) is 0 Å². The Hall–Kier alpha value is -4.13. The topological polar surface area (TPSA) is 246 Å². The average molecular weight is 1070 g/mol. The van der Waals surface area contributed by atoms with Crippen molar-refractivity contribution in [2.45, 2.75) is 66.8 Å². The lowest BCUT2D eigenvalue weighted by Gasteiger charge is -2.17. The van der Waals surface area contributed by atoms with Crippen molar-refractivity contribution in [3.63, 3.8) is 0 Å². The summed E-state index contributed by atoms with van der Waals surface area (Å²) in [6, 6.07) is 19.8. The van der Waals surface area contributed by atoms with E-state index in [0.29, 0.717) is 21.5 Å². The average Bonchev–Trinajstić information content (AvgIpc) is 3.93. The van der Waals surface area contributed by atoms with E-state index in [-0.39, 0.29) is 101 Å². The maximum Gasteiger partial charge on any atom is 0.252 e. The molecular formula is C47H57Cl3N4O14S2. The van der Waals surface area contributed by atoms with E-state index in [2.05, 4.69) is 26.1 Å². The first-order valence-corrected chi connectivity index (χ1v) is 26.6. The van der Waals surface area contributed by atoms with Gasteiger partial charge in [0.1, 0.15) is 23.7 Å². The minimum absolute atomic E-state index is 0.00626. The van der Waals surface area contributed by atoms with Gasteiger partial charge in [-0.15, -0.1) is 0 Å². The summed E-state index contributed by atoms with van der Waals surface area (Å²) in [5.74, 6) is -0.919. The molecule has 0 radical (unpaired) electrons. The number of nitrogens with one attached hydrogen (secondary N) is 4. The van der Waals surface area contributed by atoms with E-state index in [1.807, 2.05) is 19.1 Å². The van der Waals surface area contributed by atoms with Crippen LogP contribution < -0.4 is 29.6 Å². The number of aryl methyl sites for hydroxylation is 1. The highest BCUT2D eigenvalue weighted by Crippen LogP contribution is 2.41. The fourth-order valence-corrected chi connectivity index (χ4v) is 10.7. The molecule has 0 saturated carbocycles. The van der Waals surface area contributed by atoms with Crippen LogP contribution in [0.1, 0.15) is 52.9 Å². The van der Waals surface area contributed by atoms with Crippen molar-refractivity contribution in [2.24, 2.45) is 0 Å². The van der Waals surface area contributed by atoms with Gasteiger partial charge in [0.05, 0.1) is 62.6 Å². The van der Waals surface area contributed by atoms with Crippen molar-refractivity contribution < 1.29 is 65.1 Å². The Morgan fingerprint density at radius 2 is 0.957 bits per heavy atom. The molecule has 4 atom stereocenters. The van der Waals surface area contributed by atoms with E-state index in [9.17, 15) is 36.6 Å². The zero-order valence-electron chi connectivity index (χ0n) is 38.3. The van der Waals surface area contributed by atoms with E-state index in [4.69, 9.17) is 63.2 Å². The summed E-state index contributed by atoms with van der Waals surface area (Å²) in [5, 5.41) is 26.8. The third-order valence-corrected chi connectivity index (χ3v) is 15.0. The predicted molar refractivity (Wildman–Crippen MR) is 261 cm³/mol. The van der Waals surface area contributed by atoms with Gasteiger partial charge in [0.15, 0.2) is 12.2 Å². The summed E-state index contributed by atoms with van der Waals surface area (Å²) in [6.45, 7) is 2.65. The number of hydrogen-bond acceptors (Lipinski definition) is 14. The van der Waals surface area contributed by atoms with Crippen LogP contribution in [0.3, 0.4) is 0 Å². The van der Waals surface area contributed by atoms with Crippen molar-refractivity contribution in [3.8, 4) is 11.5 Å². The van der Waals surface area contributed by atoms with Gasteiger partial charge >= 0.3 is 0 Å². The van der Waals surface area contributed by atoms with E-state index in [1.165, 1.54) is 24.3 Å². The lowest BCUT2D eigenvalue weighted by molar-refractivity contribution is -0.146. The summed E-state index contributed by atoms with van der Waals surface area (Å²) < 4.78 is 89.8. The molecule has 0 unspecified atom stereocenters. The number of sulfonamides is 2. The summed E-state index contributed by atoms with van der Waals surface area (Å²) in [4.78, 5) is 24.6. The summed E-state index contributed by atoms with van der Waals surface area (Å²) in [5.41, 5.74) is 5.10. The first-order chi connectivity index (χ1) is 33.5. The van der Waals surface area contributed by atoms with E-state index < -0.39 is 44.1 Å². The molecule has 4 aromatic carbocycles. The zero-order valence-corrected chi connectivity index (χ0v) is 42.2. The van der Waals surface area contributed by atoms with Crippen LogP contribution >= 0.6 is 34.8 Å². The molecule has 18 nitrogen and oxygen atoms in total. The number of fused-ring (bicyclic) bond motifs is 2. The van der Waals surface area contributed by atoms with Gasteiger partial charge in [-0.3, -0.25) is 9.59 Å². The molecule has 0 aliphatic heterocycles. The molecule has 0 heterocycles. The molecule has 382 valence electrons. The molecule has 6 N–H and O–H groups in total. The van der Waals surface area contributed by atoms with Crippen molar-refractivity contribution in [1.29, 1.82) is 0 Å². The quantitative estimate of drug-likeness (QED) is 0.0414. The molecule has 0 bridgehead atoms. The maximum atomic E-state index is 12.8. The first kappa shape index (κ1) is 55.2. The molecule has 0 aromatic heterocycles. The molecule has 2 aliphatic rings. The molecule has 6 rings (SSSR count). The maximum absolute atomic E-state index is 12.8. The Morgan fingerprint density at radius 1 is 0.571 bits per heavy atom. The number of amides is 2. The largest absolute Gasteiger partial charge is 0.486 e.